The lowest BCUT2D eigenvalue weighted by Crippen LogP contribution is -2.19. The van der Waals surface area contributed by atoms with Crippen LogP contribution in [0.5, 0.6) is 0 Å². The summed E-state index contributed by atoms with van der Waals surface area (Å²) in [6.07, 6.45) is 1.08. The lowest BCUT2D eigenvalue weighted by atomic mass is 10.2. The average Bonchev–Trinajstić information content (AvgIpc) is 2.25. The Morgan fingerprint density at radius 3 is 2.12 bits per heavy atom. The molecule has 16 heavy (non-hydrogen) atoms. The van der Waals surface area contributed by atoms with Crippen molar-refractivity contribution in [3.05, 3.63) is 35.4 Å². The number of nitriles is 1. The van der Waals surface area contributed by atoms with Crippen LogP contribution in [0.3, 0.4) is 0 Å². The number of benzene rings is 1. The maximum atomic E-state index is 11.0. The molecule has 0 radical (unpaired) electrons. The molecule has 0 aromatic heterocycles. The highest BCUT2D eigenvalue weighted by Crippen LogP contribution is 2.01. The van der Waals surface area contributed by atoms with Crippen LogP contribution >= 0.6 is 0 Å². The molecule has 82 valence electrons. The number of rotatable bonds is 1. The van der Waals surface area contributed by atoms with Crippen molar-refractivity contribution in [1.29, 1.82) is 5.26 Å². The average molecular weight is 234 g/mol. The normalized spacial score (nSPS) is 9.81. The van der Waals surface area contributed by atoms with E-state index in [9.17, 15) is 8.42 Å². The van der Waals surface area contributed by atoms with Gasteiger partial charge < -0.3 is 0 Å². The monoisotopic (exact) mass is 234 g/mol. The Balaban J connectivity index is 2.90. The van der Waals surface area contributed by atoms with Crippen LogP contribution in [0.25, 0.3) is 0 Å². The Kier molecular flexibility index (Phi) is 3.55. The van der Waals surface area contributed by atoms with Crippen LogP contribution in [0.15, 0.2) is 24.3 Å². The Morgan fingerprint density at radius 1 is 1.19 bits per heavy atom. The maximum Gasteiger partial charge on any atom is 0.238 e. The highest BCUT2D eigenvalue weighted by atomic mass is 32.2. The Bertz CT molecular complexity index is 571. The Labute approximate surface area is 95.2 Å². The van der Waals surface area contributed by atoms with Crippen LogP contribution in [0.2, 0.25) is 0 Å². The van der Waals surface area contributed by atoms with Crippen LogP contribution in [0.1, 0.15) is 11.1 Å². The molecule has 1 aromatic carbocycles. The van der Waals surface area contributed by atoms with Gasteiger partial charge in [0.1, 0.15) is 0 Å². The summed E-state index contributed by atoms with van der Waals surface area (Å²) in [6, 6.07) is 11.1. The Hall–Kier alpha value is -1.98. The SMILES string of the molecule is CN(C#Cc1ccc(C#N)cc1)S(C)(=O)=O. The molecule has 0 aliphatic heterocycles. The second-order valence-electron chi connectivity index (χ2n) is 3.16. The van der Waals surface area contributed by atoms with Gasteiger partial charge in [-0.25, -0.2) is 12.7 Å². The molecule has 0 saturated heterocycles. The van der Waals surface area contributed by atoms with Gasteiger partial charge in [0.25, 0.3) is 0 Å². The lowest BCUT2D eigenvalue weighted by Gasteiger charge is -2.05. The second kappa shape index (κ2) is 4.69. The first-order valence-corrected chi connectivity index (χ1v) is 6.24. The summed E-state index contributed by atoms with van der Waals surface area (Å²) < 4.78 is 23.0. The van der Waals surface area contributed by atoms with Gasteiger partial charge in [0.2, 0.25) is 10.0 Å². The quantitative estimate of drug-likeness (QED) is 0.532. The molecule has 0 heterocycles. The van der Waals surface area contributed by atoms with Crippen LogP contribution in [-0.2, 0) is 10.0 Å². The molecule has 0 aliphatic carbocycles. The Morgan fingerprint density at radius 2 is 1.69 bits per heavy atom. The van der Waals surface area contributed by atoms with Gasteiger partial charge in [-0.05, 0) is 30.2 Å². The fraction of sp³-hybridized carbons (Fsp3) is 0.182. The van der Waals surface area contributed by atoms with Gasteiger partial charge in [-0.15, -0.1) is 0 Å². The van der Waals surface area contributed by atoms with Crippen LogP contribution < -0.4 is 0 Å². The minimum Gasteiger partial charge on any atom is -0.232 e. The van der Waals surface area contributed by atoms with E-state index in [-0.39, 0.29) is 0 Å². The number of nitrogens with zero attached hydrogens (tertiary/aromatic N) is 2. The van der Waals surface area contributed by atoms with Crippen molar-refractivity contribution < 1.29 is 8.42 Å². The van der Waals surface area contributed by atoms with Crippen molar-refractivity contribution in [2.24, 2.45) is 0 Å². The zero-order chi connectivity index (χ0) is 12.2. The molecule has 5 heteroatoms. The summed E-state index contributed by atoms with van der Waals surface area (Å²) in [5.41, 5.74) is 1.21. The predicted octanol–water partition coefficient (Wildman–Crippen LogP) is 0.759. The summed E-state index contributed by atoms with van der Waals surface area (Å²) in [6.45, 7) is 0. The number of hydrogen-bond acceptors (Lipinski definition) is 3. The van der Waals surface area contributed by atoms with Crippen molar-refractivity contribution in [2.75, 3.05) is 13.3 Å². The van der Waals surface area contributed by atoms with Crippen molar-refractivity contribution in [3.63, 3.8) is 0 Å². The largest absolute Gasteiger partial charge is 0.238 e. The third-order valence-corrected chi connectivity index (χ3v) is 2.96. The predicted molar refractivity (Wildman–Crippen MR) is 60.6 cm³/mol. The van der Waals surface area contributed by atoms with E-state index in [4.69, 9.17) is 5.26 Å². The molecular formula is C11H10N2O2S. The van der Waals surface area contributed by atoms with Gasteiger partial charge >= 0.3 is 0 Å². The second-order valence-corrected chi connectivity index (χ2v) is 5.17. The smallest absolute Gasteiger partial charge is 0.232 e. The van der Waals surface area contributed by atoms with E-state index in [1.54, 1.807) is 24.3 Å². The lowest BCUT2D eigenvalue weighted by molar-refractivity contribution is 0.554. The van der Waals surface area contributed by atoms with Crippen LogP contribution in [0.4, 0.5) is 0 Å². The first-order chi connectivity index (χ1) is 7.43. The molecule has 0 unspecified atom stereocenters. The molecule has 0 atom stereocenters. The van der Waals surface area contributed by atoms with E-state index in [1.165, 1.54) is 7.05 Å². The third kappa shape index (κ3) is 3.30. The molecule has 1 rings (SSSR count). The summed E-state index contributed by atoms with van der Waals surface area (Å²) in [4.78, 5) is 0. The standard InChI is InChI=1S/C11H10N2O2S/c1-13(16(2,14)15)8-7-10-3-5-11(9-12)6-4-10/h3-6H,1-2H3. The molecule has 0 N–H and O–H groups in total. The topological polar surface area (TPSA) is 61.2 Å². The minimum atomic E-state index is -3.28. The first-order valence-electron chi connectivity index (χ1n) is 4.39. The maximum absolute atomic E-state index is 11.0. The molecular weight excluding hydrogens is 224 g/mol. The summed E-state index contributed by atoms with van der Waals surface area (Å²) in [5.74, 6) is 2.69. The minimum absolute atomic E-state index is 0.544. The summed E-state index contributed by atoms with van der Waals surface area (Å²) in [5, 5.41) is 8.58. The zero-order valence-electron chi connectivity index (χ0n) is 8.93. The van der Waals surface area contributed by atoms with Crippen molar-refractivity contribution in [1.82, 2.24) is 4.31 Å². The van der Waals surface area contributed by atoms with E-state index >= 15 is 0 Å². The molecule has 0 bridgehead atoms. The van der Waals surface area contributed by atoms with Crippen LogP contribution in [0, 0.1) is 23.3 Å². The van der Waals surface area contributed by atoms with E-state index in [0.29, 0.717) is 11.1 Å². The molecule has 0 spiro atoms. The molecule has 0 aliphatic rings. The van der Waals surface area contributed by atoms with Crippen molar-refractivity contribution >= 4 is 10.0 Å². The van der Waals surface area contributed by atoms with Gasteiger partial charge in [-0.3, -0.25) is 0 Å². The fourth-order valence-electron chi connectivity index (χ4n) is 0.854. The molecule has 0 saturated carbocycles. The van der Waals surface area contributed by atoms with Gasteiger partial charge in [-0.2, -0.15) is 5.26 Å². The molecule has 4 nitrogen and oxygen atoms in total. The van der Waals surface area contributed by atoms with Gasteiger partial charge in [0.05, 0.1) is 17.9 Å². The zero-order valence-corrected chi connectivity index (χ0v) is 9.75. The molecule has 0 fully saturated rings. The first kappa shape index (κ1) is 12.1. The number of sulfonamides is 1. The van der Waals surface area contributed by atoms with E-state index in [1.807, 2.05) is 6.07 Å². The van der Waals surface area contributed by atoms with Gasteiger partial charge in [0, 0.05) is 18.7 Å². The highest BCUT2D eigenvalue weighted by Gasteiger charge is 2.04. The molecule has 0 amide bonds. The van der Waals surface area contributed by atoms with E-state index in [0.717, 1.165) is 10.6 Å². The van der Waals surface area contributed by atoms with Crippen molar-refractivity contribution in [3.8, 4) is 18.0 Å². The third-order valence-electron chi connectivity index (χ3n) is 1.87. The van der Waals surface area contributed by atoms with E-state index < -0.39 is 10.0 Å². The summed E-state index contributed by atoms with van der Waals surface area (Å²) >= 11 is 0. The van der Waals surface area contributed by atoms with Gasteiger partial charge in [-0.1, -0.05) is 0 Å². The van der Waals surface area contributed by atoms with Crippen LogP contribution in [-0.4, -0.2) is 26.0 Å². The van der Waals surface area contributed by atoms with Gasteiger partial charge in [0.15, 0.2) is 0 Å². The van der Waals surface area contributed by atoms with Crippen molar-refractivity contribution in [2.45, 2.75) is 0 Å². The highest BCUT2D eigenvalue weighted by molar-refractivity contribution is 7.88. The van der Waals surface area contributed by atoms with E-state index in [2.05, 4.69) is 12.0 Å². The summed E-state index contributed by atoms with van der Waals surface area (Å²) in [7, 11) is -1.90. The molecule has 1 aromatic rings. The fourth-order valence-corrected chi connectivity index (χ4v) is 1.07. The number of hydrogen-bond donors (Lipinski definition) is 0.